The number of fused-ring (bicyclic) bond motifs is 1. The van der Waals surface area contributed by atoms with E-state index < -0.39 is 11.7 Å². The lowest BCUT2D eigenvalue weighted by Gasteiger charge is -2.29. The molecule has 3 heterocycles. The maximum atomic E-state index is 14.1. The Kier molecular flexibility index (Phi) is 8.05. The number of halogens is 1. The molecule has 12 nitrogen and oxygen atoms in total. The second-order valence-electron chi connectivity index (χ2n) is 10.3. The van der Waals surface area contributed by atoms with Gasteiger partial charge in [-0.25, -0.2) is 18.7 Å². The molecule has 0 unspecified atom stereocenters. The van der Waals surface area contributed by atoms with Gasteiger partial charge in [-0.15, -0.1) is 5.10 Å². The minimum atomic E-state index is -0.627. The Morgan fingerprint density at radius 3 is 2.49 bits per heavy atom. The Hall–Kier alpha value is -4.00. The first-order valence-corrected chi connectivity index (χ1v) is 13.3. The average Bonchev–Trinajstić information content (AvgIpc) is 3.61. The van der Waals surface area contributed by atoms with Crippen LogP contribution < -0.4 is 21.3 Å². The summed E-state index contributed by atoms with van der Waals surface area (Å²) < 4.78 is 20.8. The van der Waals surface area contributed by atoms with E-state index in [2.05, 4.69) is 36.3 Å². The molecule has 208 valence electrons. The summed E-state index contributed by atoms with van der Waals surface area (Å²) in [6, 6.07) is 3.89. The number of aromatic nitrogens is 4. The second-order valence-corrected chi connectivity index (χ2v) is 10.3. The molecule has 4 N–H and O–H groups in total. The molecule has 5 rings (SSSR count). The van der Waals surface area contributed by atoms with Crippen LogP contribution in [0.4, 0.5) is 26.4 Å². The van der Waals surface area contributed by atoms with Gasteiger partial charge in [-0.2, -0.15) is 0 Å². The summed E-state index contributed by atoms with van der Waals surface area (Å²) in [6.07, 6.45) is 8.95. The predicted molar refractivity (Wildman–Crippen MR) is 144 cm³/mol. The van der Waals surface area contributed by atoms with Crippen molar-refractivity contribution in [2.75, 3.05) is 43.2 Å². The van der Waals surface area contributed by atoms with Gasteiger partial charge in [0, 0.05) is 36.9 Å². The van der Waals surface area contributed by atoms with Gasteiger partial charge in [0.1, 0.15) is 12.4 Å². The molecule has 0 aromatic carbocycles. The molecule has 2 fully saturated rings. The molecule has 0 atom stereocenters. The van der Waals surface area contributed by atoms with Crippen molar-refractivity contribution < 1.29 is 18.7 Å². The summed E-state index contributed by atoms with van der Waals surface area (Å²) in [7, 11) is 3.86. The zero-order chi connectivity index (χ0) is 27.4. The Labute approximate surface area is 225 Å². The van der Waals surface area contributed by atoms with Crippen molar-refractivity contribution >= 4 is 34.8 Å². The van der Waals surface area contributed by atoms with Crippen LogP contribution in [0.2, 0.25) is 0 Å². The van der Waals surface area contributed by atoms with Gasteiger partial charge >= 0.3 is 6.09 Å². The van der Waals surface area contributed by atoms with Gasteiger partial charge in [0.2, 0.25) is 0 Å². The Bertz CT molecular complexity index is 1320. The summed E-state index contributed by atoms with van der Waals surface area (Å²) >= 11 is 0. The maximum Gasteiger partial charge on any atom is 0.407 e. The lowest BCUT2D eigenvalue weighted by molar-refractivity contribution is 0.101. The van der Waals surface area contributed by atoms with Crippen LogP contribution in [0.5, 0.6) is 0 Å². The summed E-state index contributed by atoms with van der Waals surface area (Å²) in [4.78, 5) is 35.2. The Morgan fingerprint density at radius 2 is 1.77 bits per heavy atom. The molecule has 0 bridgehead atoms. The Morgan fingerprint density at radius 1 is 1.05 bits per heavy atom. The molecule has 0 spiro atoms. The van der Waals surface area contributed by atoms with E-state index in [0.717, 1.165) is 50.4 Å². The van der Waals surface area contributed by atoms with Crippen LogP contribution in [0.3, 0.4) is 0 Å². The molecule has 0 aliphatic heterocycles. The second kappa shape index (κ2) is 11.8. The quantitative estimate of drug-likeness (QED) is 0.306. The number of hydrogen-bond donors (Lipinski definition) is 4. The minimum absolute atomic E-state index is 0.0301. The monoisotopic (exact) mass is 539 g/mol. The van der Waals surface area contributed by atoms with E-state index in [0.29, 0.717) is 30.7 Å². The molecule has 2 saturated carbocycles. The molecule has 13 heteroatoms. The fourth-order valence-electron chi connectivity index (χ4n) is 4.53. The number of ether oxygens (including phenoxy) is 1. The van der Waals surface area contributed by atoms with Gasteiger partial charge in [-0.3, -0.25) is 9.78 Å². The molecule has 3 aromatic heterocycles. The maximum absolute atomic E-state index is 14.1. The normalized spacial score (nSPS) is 19.1. The SMILES string of the molecule is CN(C)CCOC(=O)N[C@H]1CC[C@H](Nc2cc(NC3CC3)c3ncc(C(=O)Nc4ccncc4F)n3n2)CC1. The van der Waals surface area contributed by atoms with Gasteiger partial charge in [0.05, 0.1) is 23.8 Å². The number of carbonyl (C=O) groups is 2. The molecule has 39 heavy (non-hydrogen) atoms. The van der Waals surface area contributed by atoms with Crippen molar-refractivity contribution in [2.24, 2.45) is 0 Å². The number of anilines is 3. The van der Waals surface area contributed by atoms with Crippen molar-refractivity contribution in [3.63, 3.8) is 0 Å². The molecule has 2 aliphatic carbocycles. The van der Waals surface area contributed by atoms with E-state index in [1.165, 1.54) is 23.0 Å². The fourth-order valence-corrected chi connectivity index (χ4v) is 4.53. The van der Waals surface area contributed by atoms with Crippen LogP contribution in [0, 0.1) is 5.82 Å². The third kappa shape index (κ3) is 6.91. The van der Waals surface area contributed by atoms with Gasteiger partial charge in [0.15, 0.2) is 17.2 Å². The van der Waals surface area contributed by atoms with Crippen LogP contribution in [-0.2, 0) is 4.74 Å². The number of carbonyl (C=O) groups excluding carboxylic acids is 2. The largest absolute Gasteiger partial charge is 0.448 e. The van der Waals surface area contributed by atoms with Crippen molar-refractivity contribution in [3.8, 4) is 0 Å². The number of hydrogen-bond acceptors (Lipinski definition) is 9. The highest BCUT2D eigenvalue weighted by Gasteiger charge is 2.26. The Balaban J connectivity index is 1.25. The van der Waals surface area contributed by atoms with E-state index in [-0.39, 0.29) is 29.6 Å². The van der Waals surface area contributed by atoms with E-state index in [9.17, 15) is 14.0 Å². The summed E-state index contributed by atoms with van der Waals surface area (Å²) in [6.45, 7) is 1.03. The first kappa shape index (κ1) is 26.6. The van der Waals surface area contributed by atoms with Crippen LogP contribution in [-0.4, -0.2) is 81.9 Å². The highest BCUT2D eigenvalue weighted by atomic mass is 19.1. The number of nitrogens with one attached hydrogen (secondary N) is 4. The molecule has 2 amide bonds. The third-order valence-corrected chi connectivity index (χ3v) is 6.83. The number of pyridine rings is 1. The number of amides is 2. The number of likely N-dealkylation sites (N-methyl/N-ethyl adjacent to an activating group) is 1. The highest BCUT2D eigenvalue weighted by molar-refractivity contribution is 6.03. The van der Waals surface area contributed by atoms with E-state index in [1.807, 2.05) is 25.1 Å². The lowest BCUT2D eigenvalue weighted by atomic mass is 9.91. The number of alkyl carbamates (subject to hydrolysis) is 1. The molecule has 3 aromatic rings. The van der Waals surface area contributed by atoms with Crippen molar-refractivity contribution in [2.45, 2.75) is 56.7 Å². The average molecular weight is 540 g/mol. The summed E-state index contributed by atoms with van der Waals surface area (Å²) in [5, 5.41) is 17.2. The minimum Gasteiger partial charge on any atom is -0.448 e. The predicted octanol–water partition coefficient (Wildman–Crippen LogP) is 3.10. The van der Waals surface area contributed by atoms with Gasteiger partial charge < -0.3 is 30.9 Å². The van der Waals surface area contributed by atoms with E-state index in [1.54, 1.807) is 0 Å². The molecular weight excluding hydrogens is 505 g/mol. The molecule has 0 saturated heterocycles. The number of rotatable bonds is 10. The zero-order valence-corrected chi connectivity index (χ0v) is 22.1. The fraction of sp³-hybridized carbons (Fsp3) is 0.500. The standard InChI is InChI=1S/C26H34FN9O3/c1-35(2)11-12-39-26(38)32-18-7-5-17(6-8-18)31-23-13-21(30-16-3-4-16)24-29-15-22(36(24)34-23)25(37)33-20-9-10-28-14-19(20)27/h9-10,13-18,30H,3-8,11-12H2,1-2H3,(H,31,34)(H,32,38)(H,28,33,37)/t17-,18-. The van der Waals surface area contributed by atoms with Gasteiger partial charge in [0.25, 0.3) is 5.91 Å². The summed E-state index contributed by atoms with van der Waals surface area (Å²) in [5.41, 5.74) is 1.51. The van der Waals surface area contributed by atoms with E-state index in [4.69, 9.17) is 4.74 Å². The smallest absolute Gasteiger partial charge is 0.407 e. The lowest BCUT2D eigenvalue weighted by Crippen LogP contribution is -2.41. The molecule has 0 radical (unpaired) electrons. The summed E-state index contributed by atoms with van der Waals surface area (Å²) in [5.74, 6) is -0.552. The molecular formula is C26H34FN9O3. The van der Waals surface area contributed by atoms with Crippen LogP contribution in [0.25, 0.3) is 5.65 Å². The van der Waals surface area contributed by atoms with Crippen LogP contribution >= 0.6 is 0 Å². The van der Waals surface area contributed by atoms with Crippen molar-refractivity contribution in [3.05, 3.63) is 42.2 Å². The first-order valence-electron chi connectivity index (χ1n) is 13.3. The highest BCUT2D eigenvalue weighted by Crippen LogP contribution is 2.30. The van der Waals surface area contributed by atoms with Crippen LogP contribution in [0.15, 0.2) is 30.7 Å². The first-order chi connectivity index (χ1) is 18.9. The number of imidazole rings is 1. The van der Waals surface area contributed by atoms with Crippen molar-refractivity contribution in [1.29, 1.82) is 0 Å². The van der Waals surface area contributed by atoms with Crippen LogP contribution in [0.1, 0.15) is 49.0 Å². The van der Waals surface area contributed by atoms with Crippen molar-refractivity contribution in [1.82, 2.24) is 29.8 Å². The number of nitrogens with zero attached hydrogens (tertiary/aromatic N) is 5. The molecule has 2 aliphatic rings. The van der Waals surface area contributed by atoms with Gasteiger partial charge in [-0.1, -0.05) is 0 Å². The van der Waals surface area contributed by atoms with Gasteiger partial charge in [-0.05, 0) is 58.7 Å². The third-order valence-electron chi connectivity index (χ3n) is 6.83. The van der Waals surface area contributed by atoms with E-state index >= 15 is 0 Å². The zero-order valence-electron chi connectivity index (χ0n) is 22.1. The topological polar surface area (TPSA) is 138 Å².